The van der Waals surface area contributed by atoms with E-state index < -0.39 is 0 Å². The smallest absolute Gasteiger partial charge is 0.292 e. The van der Waals surface area contributed by atoms with Crippen LogP contribution in [0.4, 0.5) is 17.3 Å². The summed E-state index contributed by atoms with van der Waals surface area (Å²) in [5.74, 6) is 0.496. The van der Waals surface area contributed by atoms with E-state index in [-0.39, 0.29) is 21.7 Å². The number of nitro groups is 1. The number of rotatable bonds is 3. The molecule has 10 heteroatoms. The molecule has 10 nitrogen and oxygen atoms in total. The van der Waals surface area contributed by atoms with E-state index in [9.17, 15) is 14.9 Å². The molecular formula is C19H23N7O3. The molecule has 0 atom stereocenters. The van der Waals surface area contributed by atoms with Crippen molar-refractivity contribution in [3.8, 4) is 0 Å². The van der Waals surface area contributed by atoms with Gasteiger partial charge in [-0.2, -0.15) is 10.1 Å². The Morgan fingerprint density at radius 2 is 1.76 bits per heavy atom. The Balaban J connectivity index is 1.60. The highest BCUT2D eigenvalue weighted by molar-refractivity contribution is 5.75. The molecule has 152 valence electrons. The number of H-pyrrole nitrogens is 1. The summed E-state index contributed by atoms with van der Waals surface area (Å²) in [6, 6.07) is 6.75. The highest BCUT2D eigenvalue weighted by Crippen LogP contribution is 2.29. The van der Waals surface area contributed by atoms with Gasteiger partial charge in [-0.25, -0.2) is 4.68 Å². The number of nitrogens with one attached hydrogen (secondary N) is 1. The molecule has 3 aromatic rings. The molecule has 0 saturated carbocycles. The summed E-state index contributed by atoms with van der Waals surface area (Å²) in [5, 5.41) is 16.1. The number of hydrogen-bond donors (Lipinski definition) is 1. The molecule has 1 fully saturated rings. The average Bonchev–Trinajstić information content (AvgIpc) is 3.13. The summed E-state index contributed by atoms with van der Waals surface area (Å²) in [6.07, 6.45) is 1.54. The van der Waals surface area contributed by atoms with Crippen LogP contribution in [0, 0.1) is 10.1 Å². The SMILES string of the molecule is CC(C)(C)n1ncc2c(=O)[nH]c(N3CCN(c4ccccc4[N+](=O)[O-])CC3)nc21. The van der Waals surface area contributed by atoms with Gasteiger partial charge < -0.3 is 9.80 Å². The molecule has 0 unspecified atom stereocenters. The Labute approximate surface area is 166 Å². The molecule has 3 heterocycles. The number of anilines is 2. The van der Waals surface area contributed by atoms with Crippen molar-refractivity contribution in [1.82, 2.24) is 19.7 Å². The minimum atomic E-state index is -0.359. The van der Waals surface area contributed by atoms with Gasteiger partial charge in [0.15, 0.2) is 5.65 Å². The molecule has 1 N–H and O–H groups in total. The van der Waals surface area contributed by atoms with Crippen molar-refractivity contribution in [3.05, 3.63) is 50.9 Å². The topological polar surface area (TPSA) is 113 Å². The molecule has 0 amide bonds. The number of piperazine rings is 1. The van der Waals surface area contributed by atoms with E-state index in [0.29, 0.717) is 48.8 Å². The number of aromatic nitrogens is 4. The van der Waals surface area contributed by atoms with E-state index in [1.165, 1.54) is 6.07 Å². The van der Waals surface area contributed by atoms with E-state index in [2.05, 4.69) is 15.1 Å². The minimum Gasteiger partial charge on any atom is -0.362 e. The van der Waals surface area contributed by atoms with Gasteiger partial charge in [0.1, 0.15) is 11.1 Å². The maximum Gasteiger partial charge on any atom is 0.292 e. The third-order valence-corrected chi connectivity index (χ3v) is 5.06. The normalized spacial score (nSPS) is 15.1. The standard InChI is InChI=1S/C19H23N7O3/c1-19(2,3)25-16-13(12-20-25)17(27)22-18(21-16)24-10-8-23(9-11-24)14-6-4-5-7-15(14)26(28)29/h4-7,12H,8-11H2,1-3H3,(H,21,22,27). The van der Waals surface area contributed by atoms with Crippen LogP contribution in [0.25, 0.3) is 11.0 Å². The zero-order valence-corrected chi connectivity index (χ0v) is 16.6. The first-order valence-electron chi connectivity index (χ1n) is 9.47. The van der Waals surface area contributed by atoms with Gasteiger partial charge in [-0.1, -0.05) is 12.1 Å². The van der Waals surface area contributed by atoms with Gasteiger partial charge in [0.2, 0.25) is 5.95 Å². The summed E-state index contributed by atoms with van der Waals surface area (Å²) in [4.78, 5) is 35.0. The zero-order chi connectivity index (χ0) is 20.8. The quantitative estimate of drug-likeness (QED) is 0.532. The van der Waals surface area contributed by atoms with Crippen molar-refractivity contribution in [2.75, 3.05) is 36.0 Å². The lowest BCUT2D eigenvalue weighted by Crippen LogP contribution is -2.47. The lowest BCUT2D eigenvalue weighted by molar-refractivity contribution is -0.384. The van der Waals surface area contributed by atoms with Gasteiger partial charge in [-0.3, -0.25) is 19.9 Å². The van der Waals surface area contributed by atoms with Crippen LogP contribution in [-0.4, -0.2) is 50.9 Å². The second-order valence-electron chi connectivity index (χ2n) is 8.07. The van der Waals surface area contributed by atoms with Crippen molar-refractivity contribution >= 4 is 28.4 Å². The number of nitrogens with zero attached hydrogens (tertiary/aromatic N) is 6. The summed E-state index contributed by atoms with van der Waals surface area (Å²) in [6.45, 7) is 8.37. The van der Waals surface area contributed by atoms with E-state index in [0.717, 1.165) is 0 Å². The monoisotopic (exact) mass is 397 g/mol. The molecule has 29 heavy (non-hydrogen) atoms. The molecule has 0 spiro atoms. The van der Waals surface area contributed by atoms with Crippen molar-refractivity contribution in [3.63, 3.8) is 0 Å². The van der Waals surface area contributed by atoms with Gasteiger partial charge in [0, 0.05) is 32.2 Å². The second kappa shape index (κ2) is 6.87. The van der Waals surface area contributed by atoms with Crippen LogP contribution >= 0.6 is 0 Å². The first kappa shape index (κ1) is 18.9. The Kier molecular flexibility index (Phi) is 4.48. The minimum absolute atomic E-state index is 0.1000. The zero-order valence-electron chi connectivity index (χ0n) is 16.6. The molecule has 0 radical (unpaired) electrons. The third-order valence-electron chi connectivity index (χ3n) is 5.06. The molecule has 1 aromatic carbocycles. The van der Waals surface area contributed by atoms with Gasteiger partial charge in [0.25, 0.3) is 11.2 Å². The van der Waals surface area contributed by atoms with E-state index in [1.54, 1.807) is 29.1 Å². The Bertz CT molecular complexity index is 1120. The first-order valence-corrected chi connectivity index (χ1v) is 9.47. The predicted octanol–water partition coefficient (Wildman–Crippen LogP) is 2.11. The van der Waals surface area contributed by atoms with Crippen molar-refractivity contribution in [2.24, 2.45) is 0 Å². The van der Waals surface area contributed by atoms with Gasteiger partial charge in [-0.15, -0.1) is 0 Å². The van der Waals surface area contributed by atoms with E-state index >= 15 is 0 Å². The Hall–Kier alpha value is -3.43. The summed E-state index contributed by atoms with van der Waals surface area (Å²) in [5.41, 5.74) is 0.743. The number of para-hydroxylation sites is 2. The van der Waals surface area contributed by atoms with Crippen LogP contribution in [0.2, 0.25) is 0 Å². The largest absolute Gasteiger partial charge is 0.362 e. The summed E-state index contributed by atoms with van der Waals surface area (Å²) < 4.78 is 1.75. The van der Waals surface area contributed by atoms with Crippen molar-refractivity contribution < 1.29 is 4.92 Å². The predicted molar refractivity (Wildman–Crippen MR) is 111 cm³/mol. The molecule has 1 saturated heterocycles. The van der Waals surface area contributed by atoms with Crippen LogP contribution in [0.1, 0.15) is 20.8 Å². The van der Waals surface area contributed by atoms with Crippen molar-refractivity contribution in [1.29, 1.82) is 0 Å². The highest BCUT2D eigenvalue weighted by Gasteiger charge is 2.26. The average molecular weight is 397 g/mol. The number of fused-ring (bicyclic) bond motifs is 1. The van der Waals surface area contributed by atoms with E-state index in [4.69, 9.17) is 0 Å². The molecule has 0 aliphatic carbocycles. The molecule has 2 aromatic heterocycles. The highest BCUT2D eigenvalue weighted by atomic mass is 16.6. The maximum absolute atomic E-state index is 12.5. The Morgan fingerprint density at radius 1 is 1.10 bits per heavy atom. The number of benzene rings is 1. The van der Waals surface area contributed by atoms with Crippen LogP contribution in [0.15, 0.2) is 35.3 Å². The molecule has 4 rings (SSSR count). The Morgan fingerprint density at radius 3 is 2.41 bits per heavy atom. The van der Waals surface area contributed by atoms with Crippen molar-refractivity contribution in [2.45, 2.75) is 26.3 Å². The number of hydrogen-bond acceptors (Lipinski definition) is 7. The summed E-state index contributed by atoms with van der Waals surface area (Å²) >= 11 is 0. The van der Waals surface area contributed by atoms with Crippen LogP contribution in [0.3, 0.4) is 0 Å². The molecule has 1 aliphatic rings. The van der Waals surface area contributed by atoms with Gasteiger partial charge >= 0.3 is 0 Å². The fourth-order valence-corrected chi connectivity index (χ4v) is 3.59. The molecule has 1 aliphatic heterocycles. The lowest BCUT2D eigenvalue weighted by Gasteiger charge is -2.36. The number of aromatic amines is 1. The molecular weight excluding hydrogens is 374 g/mol. The summed E-state index contributed by atoms with van der Waals surface area (Å²) in [7, 11) is 0. The maximum atomic E-state index is 12.5. The second-order valence-corrected chi connectivity index (χ2v) is 8.07. The third kappa shape index (κ3) is 3.41. The molecule has 0 bridgehead atoms. The van der Waals surface area contributed by atoms with Gasteiger partial charge in [0.05, 0.1) is 16.7 Å². The van der Waals surface area contributed by atoms with Crippen LogP contribution in [0.5, 0.6) is 0 Å². The first-order chi connectivity index (χ1) is 13.8. The lowest BCUT2D eigenvalue weighted by atomic mass is 10.1. The fourth-order valence-electron chi connectivity index (χ4n) is 3.59. The van der Waals surface area contributed by atoms with Gasteiger partial charge in [-0.05, 0) is 26.8 Å². The fraction of sp³-hybridized carbons (Fsp3) is 0.421. The van der Waals surface area contributed by atoms with Crippen LogP contribution in [-0.2, 0) is 5.54 Å². The number of nitro benzene ring substituents is 1. The van der Waals surface area contributed by atoms with Crippen LogP contribution < -0.4 is 15.4 Å². The van der Waals surface area contributed by atoms with E-state index in [1.807, 2.05) is 30.6 Å².